The summed E-state index contributed by atoms with van der Waals surface area (Å²) in [7, 11) is -3.68. The van der Waals surface area contributed by atoms with Gasteiger partial charge in [0.25, 0.3) is 5.91 Å². The Bertz CT molecular complexity index is 1210. The summed E-state index contributed by atoms with van der Waals surface area (Å²) in [5, 5.41) is 9.49. The lowest BCUT2D eigenvalue weighted by molar-refractivity contribution is 0.102. The first-order valence-electron chi connectivity index (χ1n) is 10.6. The standard InChI is InChI=1S/C23H27N5O3S/c1-15-7-9-18(10-8-15)21-24-23(27-26-21)25-22(29)19-5-4-6-20(12-19)32(30,31)28-13-16(2)11-17(3)14-28/h4-10,12,16-17H,11,13-14H2,1-3H3,(H2,24,25,26,27,29)/t16-,17-/m1/s1. The van der Waals surface area contributed by atoms with Crippen LogP contribution in [0.4, 0.5) is 5.95 Å². The molecule has 1 amide bonds. The van der Waals surface area contributed by atoms with Crippen molar-refractivity contribution in [3.05, 3.63) is 59.7 Å². The lowest BCUT2D eigenvalue weighted by atomic mass is 9.94. The third-order valence-electron chi connectivity index (χ3n) is 5.61. The SMILES string of the molecule is Cc1ccc(-c2nc(NC(=O)c3cccc(S(=O)(=O)N4C[C@H](C)C[C@@H](C)C4)c3)n[nH]2)cc1. The molecule has 0 saturated carbocycles. The number of aryl methyl sites for hydroxylation is 1. The Morgan fingerprint density at radius 1 is 1.09 bits per heavy atom. The van der Waals surface area contributed by atoms with Crippen LogP contribution >= 0.6 is 0 Å². The molecule has 168 valence electrons. The van der Waals surface area contributed by atoms with Crippen LogP contribution in [-0.2, 0) is 10.0 Å². The Morgan fingerprint density at radius 2 is 1.78 bits per heavy atom. The monoisotopic (exact) mass is 453 g/mol. The van der Waals surface area contributed by atoms with E-state index in [9.17, 15) is 13.2 Å². The van der Waals surface area contributed by atoms with E-state index in [1.807, 2.05) is 31.2 Å². The van der Waals surface area contributed by atoms with Crippen molar-refractivity contribution >= 4 is 21.9 Å². The number of carbonyl (C=O) groups excluding carboxylic acids is 1. The number of H-pyrrole nitrogens is 1. The number of anilines is 1. The summed E-state index contributed by atoms with van der Waals surface area (Å²) >= 11 is 0. The summed E-state index contributed by atoms with van der Waals surface area (Å²) in [5.41, 5.74) is 2.21. The predicted octanol–water partition coefficient (Wildman–Crippen LogP) is 3.70. The Labute approximate surface area is 188 Å². The fraction of sp³-hybridized carbons (Fsp3) is 0.348. The van der Waals surface area contributed by atoms with E-state index in [4.69, 9.17) is 0 Å². The maximum absolute atomic E-state index is 13.2. The van der Waals surface area contributed by atoms with Gasteiger partial charge < -0.3 is 0 Å². The number of benzene rings is 2. The summed E-state index contributed by atoms with van der Waals surface area (Å²) in [6, 6.07) is 13.8. The van der Waals surface area contributed by atoms with Crippen molar-refractivity contribution in [2.75, 3.05) is 18.4 Å². The zero-order valence-corrected chi connectivity index (χ0v) is 19.2. The average Bonchev–Trinajstić information content (AvgIpc) is 3.22. The fourth-order valence-corrected chi connectivity index (χ4v) is 5.81. The third kappa shape index (κ3) is 4.73. The van der Waals surface area contributed by atoms with Gasteiger partial charge in [0.15, 0.2) is 5.82 Å². The first-order chi connectivity index (χ1) is 15.2. The molecule has 2 aromatic carbocycles. The van der Waals surface area contributed by atoms with E-state index in [2.05, 4.69) is 34.3 Å². The second-order valence-corrected chi connectivity index (χ2v) is 10.6. The molecule has 0 aliphatic carbocycles. The van der Waals surface area contributed by atoms with Gasteiger partial charge >= 0.3 is 0 Å². The molecular weight excluding hydrogens is 426 g/mol. The topological polar surface area (TPSA) is 108 Å². The third-order valence-corrected chi connectivity index (χ3v) is 7.43. The van der Waals surface area contributed by atoms with Gasteiger partial charge in [0, 0.05) is 24.2 Å². The van der Waals surface area contributed by atoms with Gasteiger partial charge in [0.1, 0.15) is 0 Å². The van der Waals surface area contributed by atoms with E-state index >= 15 is 0 Å². The van der Waals surface area contributed by atoms with Crippen LogP contribution in [0.3, 0.4) is 0 Å². The highest BCUT2D eigenvalue weighted by atomic mass is 32.2. The maximum Gasteiger partial charge on any atom is 0.258 e. The van der Waals surface area contributed by atoms with Gasteiger partial charge in [0.2, 0.25) is 16.0 Å². The molecule has 2 heterocycles. The first-order valence-corrected chi connectivity index (χ1v) is 12.1. The number of aromatic nitrogens is 3. The number of piperidine rings is 1. The molecule has 0 radical (unpaired) electrons. The van der Waals surface area contributed by atoms with Gasteiger partial charge in [-0.15, -0.1) is 5.10 Å². The fourth-order valence-electron chi connectivity index (χ4n) is 4.08. The van der Waals surface area contributed by atoms with Crippen LogP contribution in [0.2, 0.25) is 0 Å². The molecule has 0 spiro atoms. The Hall–Kier alpha value is -3.04. The molecule has 32 heavy (non-hydrogen) atoms. The summed E-state index contributed by atoms with van der Waals surface area (Å²) < 4.78 is 27.8. The molecule has 4 rings (SSSR count). The number of rotatable bonds is 5. The van der Waals surface area contributed by atoms with E-state index in [-0.39, 0.29) is 16.4 Å². The number of hydrogen-bond donors (Lipinski definition) is 2. The molecule has 0 unspecified atom stereocenters. The second-order valence-electron chi connectivity index (χ2n) is 8.62. The zero-order valence-electron chi connectivity index (χ0n) is 18.4. The van der Waals surface area contributed by atoms with E-state index in [1.165, 1.54) is 16.4 Å². The predicted molar refractivity (Wildman–Crippen MR) is 123 cm³/mol. The average molecular weight is 454 g/mol. The van der Waals surface area contributed by atoms with Crippen LogP contribution < -0.4 is 5.32 Å². The van der Waals surface area contributed by atoms with Crippen LogP contribution in [0.5, 0.6) is 0 Å². The minimum atomic E-state index is -3.68. The summed E-state index contributed by atoms with van der Waals surface area (Å²) in [6.07, 6.45) is 1.01. The zero-order chi connectivity index (χ0) is 22.9. The number of aromatic amines is 1. The van der Waals surface area contributed by atoms with Crippen LogP contribution in [0.15, 0.2) is 53.4 Å². The highest BCUT2D eigenvalue weighted by Crippen LogP contribution is 2.27. The van der Waals surface area contributed by atoms with Crippen molar-refractivity contribution in [2.45, 2.75) is 32.1 Å². The number of nitrogens with one attached hydrogen (secondary N) is 2. The van der Waals surface area contributed by atoms with E-state index < -0.39 is 15.9 Å². The molecule has 2 N–H and O–H groups in total. The molecule has 3 aromatic rings. The molecule has 1 aliphatic heterocycles. The van der Waals surface area contributed by atoms with Crippen molar-refractivity contribution in [3.63, 3.8) is 0 Å². The van der Waals surface area contributed by atoms with E-state index in [0.29, 0.717) is 30.7 Å². The highest BCUT2D eigenvalue weighted by Gasteiger charge is 2.32. The number of amides is 1. The maximum atomic E-state index is 13.2. The molecule has 1 aliphatic rings. The molecule has 9 heteroatoms. The molecule has 0 bridgehead atoms. The molecular formula is C23H27N5O3S. The Kier molecular flexibility index (Phi) is 6.12. The van der Waals surface area contributed by atoms with Gasteiger partial charge in [-0.2, -0.15) is 9.29 Å². The number of carbonyl (C=O) groups is 1. The van der Waals surface area contributed by atoms with Crippen molar-refractivity contribution < 1.29 is 13.2 Å². The number of sulfonamides is 1. The quantitative estimate of drug-likeness (QED) is 0.612. The molecule has 8 nitrogen and oxygen atoms in total. The van der Waals surface area contributed by atoms with Crippen LogP contribution in [0, 0.1) is 18.8 Å². The van der Waals surface area contributed by atoms with E-state index in [1.54, 1.807) is 12.1 Å². The van der Waals surface area contributed by atoms with E-state index in [0.717, 1.165) is 17.5 Å². The van der Waals surface area contributed by atoms with Crippen LogP contribution in [0.1, 0.15) is 36.2 Å². The first kappa shape index (κ1) is 22.2. The normalized spacial score (nSPS) is 19.6. The van der Waals surface area contributed by atoms with Crippen molar-refractivity contribution in [1.82, 2.24) is 19.5 Å². The molecule has 1 fully saturated rings. The largest absolute Gasteiger partial charge is 0.289 e. The van der Waals surface area contributed by atoms with Gasteiger partial charge in [-0.25, -0.2) is 8.42 Å². The number of nitrogens with zero attached hydrogens (tertiary/aromatic N) is 3. The highest BCUT2D eigenvalue weighted by molar-refractivity contribution is 7.89. The minimum Gasteiger partial charge on any atom is -0.289 e. The van der Waals surface area contributed by atoms with Gasteiger partial charge in [-0.1, -0.05) is 49.7 Å². The summed E-state index contributed by atoms with van der Waals surface area (Å²) in [5.74, 6) is 0.779. The summed E-state index contributed by atoms with van der Waals surface area (Å²) in [6.45, 7) is 7.09. The van der Waals surface area contributed by atoms with Gasteiger partial charge in [-0.05, 0) is 43.4 Å². The second kappa shape index (κ2) is 8.84. The van der Waals surface area contributed by atoms with Gasteiger partial charge in [0.05, 0.1) is 4.90 Å². The summed E-state index contributed by atoms with van der Waals surface area (Å²) in [4.78, 5) is 17.2. The van der Waals surface area contributed by atoms with Crippen LogP contribution in [-0.4, -0.2) is 46.9 Å². The Balaban J connectivity index is 1.51. The molecule has 1 saturated heterocycles. The van der Waals surface area contributed by atoms with Crippen molar-refractivity contribution in [1.29, 1.82) is 0 Å². The van der Waals surface area contributed by atoms with Gasteiger partial charge in [-0.3, -0.25) is 15.2 Å². The number of hydrogen-bond acceptors (Lipinski definition) is 5. The lowest BCUT2D eigenvalue weighted by Gasteiger charge is -2.34. The smallest absolute Gasteiger partial charge is 0.258 e. The van der Waals surface area contributed by atoms with Crippen molar-refractivity contribution in [3.8, 4) is 11.4 Å². The minimum absolute atomic E-state index is 0.113. The Morgan fingerprint density at radius 3 is 2.47 bits per heavy atom. The van der Waals surface area contributed by atoms with Crippen LogP contribution in [0.25, 0.3) is 11.4 Å². The lowest BCUT2D eigenvalue weighted by Crippen LogP contribution is -2.42. The van der Waals surface area contributed by atoms with Crippen molar-refractivity contribution in [2.24, 2.45) is 11.8 Å². The molecule has 1 aromatic heterocycles. The molecule has 2 atom stereocenters.